The molecule has 0 aliphatic rings. The van der Waals surface area contributed by atoms with Crippen molar-refractivity contribution in [2.45, 2.75) is 6.04 Å². The first-order valence-corrected chi connectivity index (χ1v) is 6.56. The number of carbonyl (C=O) groups is 2. The molecule has 0 saturated carbocycles. The number of ether oxygens (including phenoxy) is 1. The van der Waals surface area contributed by atoms with Crippen molar-refractivity contribution in [1.82, 2.24) is 5.32 Å². The lowest BCUT2D eigenvalue weighted by molar-refractivity contribution is -0.386. The molecule has 1 aromatic carbocycles. The fourth-order valence-corrected chi connectivity index (χ4v) is 1.72. The van der Waals surface area contributed by atoms with Crippen LogP contribution in [0.15, 0.2) is 17.7 Å². The van der Waals surface area contributed by atoms with Crippen LogP contribution in [0.3, 0.4) is 0 Å². The molecule has 0 unspecified atom stereocenters. The average molecular weight is 351 g/mol. The third kappa shape index (κ3) is 4.66. The molecule has 4 N–H and O–H groups in total. The number of benzene rings is 1. The van der Waals surface area contributed by atoms with Gasteiger partial charge in [0.2, 0.25) is 5.75 Å². The van der Waals surface area contributed by atoms with Gasteiger partial charge in [-0.2, -0.15) is 5.26 Å². The quantitative estimate of drug-likeness (QED) is 0.132. The number of aromatic hydroxyl groups is 2. The molecule has 0 fully saturated rings. The van der Waals surface area contributed by atoms with Crippen LogP contribution in [0, 0.1) is 21.4 Å². The number of carbonyl (C=O) groups excluding carboxylic acids is 2. The monoisotopic (exact) mass is 351 g/mol. The van der Waals surface area contributed by atoms with Crippen LogP contribution in [0.4, 0.5) is 5.69 Å². The number of phenols is 2. The molecule has 0 radical (unpaired) electrons. The first kappa shape index (κ1) is 19.4. The number of nitriles is 1. The Morgan fingerprint density at radius 1 is 1.48 bits per heavy atom. The van der Waals surface area contributed by atoms with E-state index in [1.807, 2.05) is 0 Å². The molecule has 0 saturated heterocycles. The zero-order chi connectivity index (χ0) is 19.1. The third-order valence-corrected chi connectivity index (χ3v) is 2.94. The van der Waals surface area contributed by atoms with E-state index in [2.05, 4.69) is 10.1 Å². The Morgan fingerprint density at radius 3 is 2.60 bits per heavy atom. The van der Waals surface area contributed by atoms with Crippen LogP contribution in [-0.4, -0.2) is 51.9 Å². The zero-order valence-electron chi connectivity index (χ0n) is 12.8. The van der Waals surface area contributed by atoms with E-state index in [4.69, 9.17) is 10.4 Å². The highest BCUT2D eigenvalue weighted by atomic mass is 16.6. The van der Waals surface area contributed by atoms with Gasteiger partial charge in [-0.05, 0) is 17.7 Å². The average Bonchev–Trinajstić information content (AvgIpc) is 2.58. The summed E-state index contributed by atoms with van der Waals surface area (Å²) in [6, 6.07) is 1.85. The number of methoxy groups -OCH3 is 1. The molecule has 0 aromatic heterocycles. The molecular formula is C14H13N3O8. The number of nitro benzene ring substituents is 1. The largest absolute Gasteiger partial charge is 0.504 e. The Labute approximate surface area is 140 Å². The number of hydrogen-bond donors (Lipinski definition) is 4. The summed E-state index contributed by atoms with van der Waals surface area (Å²) < 4.78 is 4.35. The van der Waals surface area contributed by atoms with Crippen LogP contribution in [-0.2, 0) is 14.3 Å². The van der Waals surface area contributed by atoms with E-state index in [1.165, 1.54) is 6.07 Å². The normalized spacial score (nSPS) is 12.0. The minimum atomic E-state index is -1.41. The Morgan fingerprint density at radius 2 is 2.12 bits per heavy atom. The lowest BCUT2D eigenvalue weighted by atomic mass is 10.1. The van der Waals surface area contributed by atoms with E-state index in [0.717, 1.165) is 25.3 Å². The number of amides is 1. The second-order valence-corrected chi connectivity index (χ2v) is 4.57. The van der Waals surface area contributed by atoms with Crippen molar-refractivity contribution in [2.75, 3.05) is 13.7 Å². The van der Waals surface area contributed by atoms with Crippen LogP contribution in [0.2, 0.25) is 0 Å². The van der Waals surface area contributed by atoms with Crippen molar-refractivity contribution in [3.8, 4) is 17.6 Å². The van der Waals surface area contributed by atoms with Gasteiger partial charge in [-0.3, -0.25) is 14.9 Å². The fourth-order valence-electron chi connectivity index (χ4n) is 1.72. The van der Waals surface area contributed by atoms with Gasteiger partial charge in [0.05, 0.1) is 18.6 Å². The number of nitrogens with one attached hydrogen (secondary N) is 1. The number of aliphatic hydroxyl groups is 1. The van der Waals surface area contributed by atoms with Crippen molar-refractivity contribution < 1.29 is 34.6 Å². The molecule has 1 atom stereocenters. The summed E-state index contributed by atoms with van der Waals surface area (Å²) in [6.45, 7) is -0.775. The van der Waals surface area contributed by atoms with Crippen molar-refractivity contribution in [3.05, 3.63) is 33.4 Å². The second kappa shape index (κ2) is 8.27. The number of aliphatic hydroxyl groups excluding tert-OH is 1. The maximum absolute atomic E-state index is 12.0. The molecule has 0 heterocycles. The van der Waals surface area contributed by atoms with Crippen molar-refractivity contribution >= 4 is 23.6 Å². The van der Waals surface area contributed by atoms with Gasteiger partial charge in [-0.25, -0.2) is 4.79 Å². The SMILES string of the molecule is COC(=O)[C@H](CO)NC(=O)/C(C#N)=C/c1cc(O)c(O)c([N+](=O)[O-])c1. The molecule has 0 bridgehead atoms. The Balaban J connectivity index is 3.19. The van der Waals surface area contributed by atoms with E-state index in [-0.39, 0.29) is 5.56 Å². The first-order valence-electron chi connectivity index (χ1n) is 6.56. The summed E-state index contributed by atoms with van der Waals surface area (Å²) in [4.78, 5) is 33.1. The molecule has 0 aliphatic heterocycles. The molecule has 11 heteroatoms. The van der Waals surface area contributed by atoms with Crippen LogP contribution >= 0.6 is 0 Å². The fraction of sp³-hybridized carbons (Fsp3) is 0.214. The summed E-state index contributed by atoms with van der Waals surface area (Å²) in [5.74, 6) is -3.77. The second-order valence-electron chi connectivity index (χ2n) is 4.57. The number of nitrogens with zero attached hydrogens (tertiary/aromatic N) is 2. The summed E-state index contributed by atoms with van der Waals surface area (Å²) in [7, 11) is 1.04. The van der Waals surface area contributed by atoms with Gasteiger partial charge >= 0.3 is 11.7 Å². The van der Waals surface area contributed by atoms with Crippen LogP contribution in [0.1, 0.15) is 5.56 Å². The molecular weight excluding hydrogens is 338 g/mol. The predicted molar refractivity (Wildman–Crippen MR) is 81.0 cm³/mol. The maximum atomic E-state index is 12.0. The number of hydrogen-bond acceptors (Lipinski definition) is 9. The Bertz CT molecular complexity index is 781. The van der Waals surface area contributed by atoms with Gasteiger partial charge in [0, 0.05) is 6.07 Å². The smallest absolute Gasteiger partial charge is 0.330 e. The van der Waals surface area contributed by atoms with Crippen LogP contribution in [0.25, 0.3) is 6.08 Å². The summed E-state index contributed by atoms with van der Waals surface area (Å²) in [5.41, 5.74) is -1.51. The van der Waals surface area contributed by atoms with E-state index in [9.17, 15) is 29.9 Å². The van der Waals surface area contributed by atoms with Gasteiger partial charge in [-0.1, -0.05) is 0 Å². The molecule has 132 valence electrons. The topological polar surface area (TPSA) is 183 Å². The molecule has 1 rings (SSSR count). The van der Waals surface area contributed by atoms with Crippen molar-refractivity contribution in [1.29, 1.82) is 5.26 Å². The molecule has 0 spiro atoms. The summed E-state index contributed by atoms with van der Waals surface area (Å²) in [5, 5.41) is 49.8. The van der Waals surface area contributed by atoms with E-state index < -0.39 is 52.2 Å². The zero-order valence-corrected chi connectivity index (χ0v) is 12.8. The summed E-state index contributed by atoms with van der Waals surface area (Å²) >= 11 is 0. The molecule has 1 aromatic rings. The van der Waals surface area contributed by atoms with Crippen molar-refractivity contribution in [3.63, 3.8) is 0 Å². The standard InChI is InChI=1S/C14H13N3O8/c1-25-14(22)9(6-18)16-13(21)8(5-15)2-7-3-10(17(23)24)12(20)11(19)4-7/h2-4,9,18-20H,6H2,1H3,(H,16,21)/b8-2+/t9-/m0/s1. The number of phenolic OH excluding ortho intramolecular Hbond substituents is 2. The Kier molecular flexibility index (Phi) is 6.42. The number of rotatable bonds is 6. The number of esters is 1. The molecule has 1 amide bonds. The number of nitro groups is 1. The van der Waals surface area contributed by atoms with E-state index in [1.54, 1.807) is 0 Å². The molecule has 0 aliphatic carbocycles. The van der Waals surface area contributed by atoms with Gasteiger partial charge in [0.15, 0.2) is 11.8 Å². The highest BCUT2D eigenvalue weighted by molar-refractivity contribution is 6.03. The minimum absolute atomic E-state index is 0.118. The predicted octanol–water partition coefficient (Wildman–Crippen LogP) is -0.437. The van der Waals surface area contributed by atoms with Gasteiger partial charge < -0.3 is 25.4 Å². The van der Waals surface area contributed by atoms with E-state index in [0.29, 0.717) is 0 Å². The van der Waals surface area contributed by atoms with Gasteiger partial charge in [0.25, 0.3) is 5.91 Å². The van der Waals surface area contributed by atoms with Crippen LogP contribution in [0.5, 0.6) is 11.5 Å². The van der Waals surface area contributed by atoms with Crippen LogP contribution < -0.4 is 5.32 Å². The van der Waals surface area contributed by atoms with E-state index >= 15 is 0 Å². The minimum Gasteiger partial charge on any atom is -0.504 e. The third-order valence-electron chi connectivity index (χ3n) is 2.94. The van der Waals surface area contributed by atoms with Gasteiger partial charge in [0.1, 0.15) is 11.6 Å². The lowest BCUT2D eigenvalue weighted by Gasteiger charge is -2.13. The highest BCUT2D eigenvalue weighted by Crippen LogP contribution is 2.36. The maximum Gasteiger partial charge on any atom is 0.330 e. The van der Waals surface area contributed by atoms with Gasteiger partial charge in [-0.15, -0.1) is 0 Å². The highest BCUT2D eigenvalue weighted by Gasteiger charge is 2.23. The molecule has 11 nitrogen and oxygen atoms in total. The summed E-state index contributed by atoms with van der Waals surface area (Å²) in [6.07, 6.45) is 0.896. The molecule has 25 heavy (non-hydrogen) atoms. The first-order chi connectivity index (χ1) is 11.7. The van der Waals surface area contributed by atoms with Crippen molar-refractivity contribution in [2.24, 2.45) is 0 Å². The Hall–Kier alpha value is -3.65. The lowest BCUT2D eigenvalue weighted by Crippen LogP contribution is -2.44.